The van der Waals surface area contributed by atoms with Gasteiger partial charge in [-0.1, -0.05) is 6.92 Å². The lowest BCUT2D eigenvalue weighted by Gasteiger charge is -2.33. The summed E-state index contributed by atoms with van der Waals surface area (Å²) in [7, 11) is 0. The van der Waals surface area contributed by atoms with Gasteiger partial charge in [-0.3, -0.25) is 0 Å². The van der Waals surface area contributed by atoms with Crippen LogP contribution in [0.1, 0.15) is 19.8 Å². The lowest BCUT2D eigenvalue weighted by Crippen LogP contribution is -2.31. The summed E-state index contributed by atoms with van der Waals surface area (Å²) in [5.41, 5.74) is 13.9. The highest BCUT2D eigenvalue weighted by atomic mass is 16.5. The Kier molecular flexibility index (Phi) is 3.50. The Morgan fingerprint density at radius 1 is 1.29 bits per heavy atom. The molecule has 0 unspecified atom stereocenters. The lowest BCUT2D eigenvalue weighted by molar-refractivity contribution is 0.0138. The molecule has 0 radical (unpaired) electrons. The zero-order chi connectivity index (χ0) is 14.9. The summed E-state index contributed by atoms with van der Waals surface area (Å²) >= 11 is 0. The smallest absolute Gasteiger partial charge is 0.184 e. The van der Waals surface area contributed by atoms with Gasteiger partial charge in [0, 0.05) is 30.2 Å². The highest BCUT2D eigenvalue weighted by Crippen LogP contribution is 2.33. The first-order chi connectivity index (χ1) is 10.1. The molecule has 0 saturated carbocycles. The molecular weight excluding hydrogens is 268 g/mol. The van der Waals surface area contributed by atoms with E-state index in [1.807, 2.05) is 10.7 Å². The Hall–Kier alpha value is -2.15. The molecule has 0 bridgehead atoms. The van der Waals surface area contributed by atoms with Gasteiger partial charge in [-0.15, -0.1) is 5.10 Å². The molecule has 0 aliphatic carbocycles. The van der Waals surface area contributed by atoms with Crippen LogP contribution >= 0.6 is 0 Å². The Morgan fingerprint density at radius 3 is 2.76 bits per heavy atom. The SMILES string of the molecule is CC1(Cn2nnnc2-c2ccc(N)cc2N)CCOCC1. The zero-order valence-corrected chi connectivity index (χ0v) is 12.1. The van der Waals surface area contributed by atoms with Crippen molar-refractivity contribution in [3.8, 4) is 11.4 Å². The van der Waals surface area contributed by atoms with Crippen LogP contribution in [0.2, 0.25) is 0 Å². The monoisotopic (exact) mass is 288 g/mol. The van der Waals surface area contributed by atoms with E-state index in [9.17, 15) is 0 Å². The normalized spacial score (nSPS) is 17.8. The van der Waals surface area contributed by atoms with Gasteiger partial charge in [-0.05, 0) is 46.9 Å². The fraction of sp³-hybridized carbons (Fsp3) is 0.500. The van der Waals surface area contributed by atoms with E-state index in [1.54, 1.807) is 12.1 Å². The number of ether oxygens (including phenoxy) is 1. The van der Waals surface area contributed by atoms with Crippen LogP contribution in [0.4, 0.5) is 11.4 Å². The van der Waals surface area contributed by atoms with Crippen molar-refractivity contribution >= 4 is 11.4 Å². The molecule has 1 aromatic carbocycles. The number of hydrogen-bond acceptors (Lipinski definition) is 6. The Balaban J connectivity index is 1.90. The Labute approximate surface area is 123 Å². The molecule has 3 rings (SSSR count). The summed E-state index contributed by atoms with van der Waals surface area (Å²) in [6.45, 7) is 4.58. The molecule has 2 heterocycles. The molecule has 7 heteroatoms. The molecule has 1 aliphatic rings. The summed E-state index contributed by atoms with van der Waals surface area (Å²) in [6.07, 6.45) is 2.01. The van der Waals surface area contributed by atoms with E-state index in [-0.39, 0.29) is 5.41 Å². The van der Waals surface area contributed by atoms with E-state index < -0.39 is 0 Å². The maximum Gasteiger partial charge on any atom is 0.184 e. The third kappa shape index (κ3) is 2.82. The van der Waals surface area contributed by atoms with E-state index in [1.165, 1.54) is 0 Å². The first-order valence-electron chi connectivity index (χ1n) is 7.07. The molecule has 2 aromatic rings. The van der Waals surface area contributed by atoms with Gasteiger partial charge in [0.1, 0.15) is 0 Å². The van der Waals surface area contributed by atoms with Crippen LogP contribution in [0, 0.1) is 5.41 Å². The van der Waals surface area contributed by atoms with Gasteiger partial charge in [0.25, 0.3) is 0 Å². The summed E-state index contributed by atoms with van der Waals surface area (Å²) in [5.74, 6) is 0.681. The van der Waals surface area contributed by atoms with Crippen molar-refractivity contribution in [2.45, 2.75) is 26.3 Å². The van der Waals surface area contributed by atoms with Crippen molar-refractivity contribution in [2.75, 3.05) is 24.7 Å². The topological polar surface area (TPSA) is 105 Å². The second-order valence-electron chi connectivity index (χ2n) is 5.93. The van der Waals surface area contributed by atoms with Gasteiger partial charge in [0.05, 0.1) is 6.54 Å². The molecular formula is C14H20N6O. The number of anilines is 2. The van der Waals surface area contributed by atoms with Crippen LogP contribution in [0.25, 0.3) is 11.4 Å². The van der Waals surface area contributed by atoms with E-state index >= 15 is 0 Å². The molecule has 7 nitrogen and oxygen atoms in total. The predicted octanol–water partition coefficient (Wildman–Crippen LogP) is 1.32. The Bertz CT molecular complexity index is 632. The van der Waals surface area contributed by atoms with Gasteiger partial charge in [0.15, 0.2) is 5.82 Å². The third-order valence-electron chi connectivity index (χ3n) is 4.08. The van der Waals surface area contributed by atoms with Crippen LogP contribution in [0.3, 0.4) is 0 Å². The number of rotatable bonds is 3. The molecule has 1 fully saturated rings. The second kappa shape index (κ2) is 5.33. The minimum absolute atomic E-state index is 0.144. The minimum Gasteiger partial charge on any atom is -0.399 e. The molecule has 0 spiro atoms. The van der Waals surface area contributed by atoms with E-state index in [0.717, 1.165) is 38.2 Å². The van der Waals surface area contributed by atoms with Crippen molar-refractivity contribution < 1.29 is 4.74 Å². The molecule has 1 aromatic heterocycles. The average molecular weight is 288 g/mol. The lowest BCUT2D eigenvalue weighted by atomic mass is 9.82. The number of benzene rings is 1. The van der Waals surface area contributed by atoms with E-state index in [4.69, 9.17) is 16.2 Å². The molecule has 1 saturated heterocycles. The second-order valence-corrected chi connectivity index (χ2v) is 5.93. The van der Waals surface area contributed by atoms with Crippen LogP contribution < -0.4 is 11.5 Å². The van der Waals surface area contributed by atoms with Crippen LogP contribution in [-0.4, -0.2) is 33.4 Å². The molecule has 0 amide bonds. The fourth-order valence-electron chi connectivity index (χ4n) is 2.67. The summed E-state index contributed by atoms with van der Waals surface area (Å²) in [4.78, 5) is 0. The molecule has 21 heavy (non-hydrogen) atoms. The summed E-state index contributed by atoms with van der Waals surface area (Å²) in [6, 6.07) is 5.39. The van der Waals surface area contributed by atoms with E-state index in [0.29, 0.717) is 17.2 Å². The average Bonchev–Trinajstić information content (AvgIpc) is 2.87. The summed E-state index contributed by atoms with van der Waals surface area (Å²) in [5, 5.41) is 12.1. The highest BCUT2D eigenvalue weighted by molar-refractivity contribution is 5.74. The van der Waals surface area contributed by atoms with Crippen molar-refractivity contribution in [1.82, 2.24) is 20.2 Å². The highest BCUT2D eigenvalue weighted by Gasteiger charge is 2.29. The van der Waals surface area contributed by atoms with Crippen LogP contribution in [-0.2, 0) is 11.3 Å². The van der Waals surface area contributed by atoms with Crippen LogP contribution in [0.5, 0.6) is 0 Å². The van der Waals surface area contributed by atoms with E-state index in [2.05, 4.69) is 22.4 Å². The maximum atomic E-state index is 6.04. The van der Waals surface area contributed by atoms with Gasteiger partial charge in [-0.25, -0.2) is 4.68 Å². The number of nitrogen functional groups attached to an aromatic ring is 2. The van der Waals surface area contributed by atoms with Crippen LogP contribution in [0.15, 0.2) is 18.2 Å². The number of tetrazole rings is 1. The number of hydrogen-bond donors (Lipinski definition) is 2. The van der Waals surface area contributed by atoms with Crippen molar-refractivity contribution in [3.05, 3.63) is 18.2 Å². The van der Waals surface area contributed by atoms with Crippen molar-refractivity contribution in [2.24, 2.45) is 5.41 Å². The van der Waals surface area contributed by atoms with Gasteiger partial charge in [-0.2, -0.15) is 0 Å². The maximum absolute atomic E-state index is 6.04. The molecule has 1 aliphatic heterocycles. The molecule has 4 N–H and O–H groups in total. The third-order valence-corrected chi connectivity index (χ3v) is 4.08. The fourth-order valence-corrected chi connectivity index (χ4v) is 2.67. The van der Waals surface area contributed by atoms with Crippen molar-refractivity contribution in [1.29, 1.82) is 0 Å². The molecule has 112 valence electrons. The number of nitrogens with two attached hydrogens (primary N) is 2. The quantitative estimate of drug-likeness (QED) is 0.825. The van der Waals surface area contributed by atoms with Gasteiger partial charge in [0.2, 0.25) is 0 Å². The minimum atomic E-state index is 0.144. The number of nitrogens with zero attached hydrogens (tertiary/aromatic N) is 4. The van der Waals surface area contributed by atoms with Gasteiger partial charge >= 0.3 is 0 Å². The Morgan fingerprint density at radius 2 is 2.05 bits per heavy atom. The standard InChI is InChI=1S/C14H20N6O/c1-14(4-6-21-7-5-14)9-20-13(17-18-19-20)11-3-2-10(15)8-12(11)16/h2-3,8H,4-7,9,15-16H2,1H3. The van der Waals surface area contributed by atoms with Gasteiger partial charge < -0.3 is 16.2 Å². The zero-order valence-electron chi connectivity index (χ0n) is 12.1. The predicted molar refractivity (Wildman–Crippen MR) is 80.2 cm³/mol. The number of aromatic nitrogens is 4. The molecule has 0 atom stereocenters. The first kappa shape index (κ1) is 13.8. The largest absolute Gasteiger partial charge is 0.399 e. The summed E-state index contributed by atoms with van der Waals surface area (Å²) < 4.78 is 7.26. The first-order valence-corrected chi connectivity index (χ1v) is 7.07. The van der Waals surface area contributed by atoms with Crippen molar-refractivity contribution in [3.63, 3.8) is 0 Å².